The predicted octanol–water partition coefficient (Wildman–Crippen LogP) is 5.63. The topological polar surface area (TPSA) is 57.7 Å². The normalized spacial score (nSPS) is 23.1. The molecule has 0 aromatic heterocycles. The van der Waals surface area contributed by atoms with Gasteiger partial charge in [0.1, 0.15) is 0 Å². The van der Waals surface area contributed by atoms with E-state index in [1.807, 2.05) is 0 Å². The molecule has 0 bridgehead atoms. The summed E-state index contributed by atoms with van der Waals surface area (Å²) in [5.74, 6) is -1.61. The number of halogens is 3. The number of amides is 3. The first-order valence-electron chi connectivity index (χ1n) is 10.2. The van der Waals surface area contributed by atoms with Crippen molar-refractivity contribution in [3.8, 4) is 0 Å². The number of rotatable bonds is 4. The SMILES string of the molecule is C[C@@H]1CC[C@@H]2C(=O)N(N(Cc3ccc(Cl)c(Cl)c3)C(=O)c3ccccc3Cl)C(=O)[C@@H]2C1. The van der Waals surface area contributed by atoms with Gasteiger partial charge < -0.3 is 0 Å². The molecule has 2 aliphatic rings. The second-order valence-electron chi connectivity index (χ2n) is 8.21. The Balaban J connectivity index is 1.74. The zero-order valence-electron chi connectivity index (χ0n) is 16.9. The molecular weight excluding hydrogens is 459 g/mol. The molecule has 4 rings (SSSR count). The first kappa shape index (κ1) is 22.1. The molecule has 3 atom stereocenters. The molecule has 31 heavy (non-hydrogen) atoms. The van der Waals surface area contributed by atoms with Crippen molar-refractivity contribution < 1.29 is 14.4 Å². The monoisotopic (exact) mass is 478 g/mol. The number of carbonyl (C=O) groups is 3. The van der Waals surface area contributed by atoms with Gasteiger partial charge in [-0.1, -0.05) is 59.9 Å². The summed E-state index contributed by atoms with van der Waals surface area (Å²) in [7, 11) is 0. The minimum absolute atomic E-state index is 0.0204. The van der Waals surface area contributed by atoms with Gasteiger partial charge in [0.05, 0.1) is 39.0 Å². The number of imide groups is 1. The number of hydrazine groups is 1. The molecule has 1 saturated carbocycles. The van der Waals surface area contributed by atoms with Crippen LogP contribution in [0.1, 0.15) is 42.1 Å². The second-order valence-corrected chi connectivity index (χ2v) is 9.43. The highest BCUT2D eigenvalue weighted by atomic mass is 35.5. The average molecular weight is 480 g/mol. The highest BCUT2D eigenvalue weighted by Crippen LogP contribution is 2.41. The Bertz CT molecular complexity index is 1060. The van der Waals surface area contributed by atoms with Crippen LogP contribution in [0.3, 0.4) is 0 Å². The molecular formula is C23H21Cl3N2O3. The van der Waals surface area contributed by atoms with Crippen LogP contribution in [-0.2, 0) is 16.1 Å². The van der Waals surface area contributed by atoms with E-state index in [-0.39, 0.29) is 34.9 Å². The first-order chi connectivity index (χ1) is 14.8. The molecule has 0 unspecified atom stereocenters. The van der Waals surface area contributed by atoms with E-state index in [1.54, 1.807) is 42.5 Å². The molecule has 8 heteroatoms. The third kappa shape index (κ3) is 4.19. The molecule has 162 valence electrons. The lowest BCUT2D eigenvalue weighted by Gasteiger charge is -2.31. The summed E-state index contributed by atoms with van der Waals surface area (Å²) < 4.78 is 0. The van der Waals surface area contributed by atoms with Crippen molar-refractivity contribution in [3.63, 3.8) is 0 Å². The standard InChI is InChI=1S/C23H21Cl3N2O3/c1-13-6-8-15-17(10-13)23(31)28(22(15)30)27(12-14-7-9-19(25)20(26)11-14)21(29)16-4-2-3-5-18(16)24/h2-5,7,9,11,13,15,17H,6,8,10,12H2,1H3/t13-,15+,17-/m1/s1. The molecule has 2 fully saturated rings. The Morgan fingerprint density at radius 3 is 2.39 bits per heavy atom. The second kappa shape index (κ2) is 8.81. The van der Waals surface area contributed by atoms with Crippen molar-refractivity contribution >= 4 is 52.5 Å². The van der Waals surface area contributed by atoms with Crippen molar-refractivity contribution in [2.75, 3.05) is 0 Å². The minimum Gasteiger partial charge on any atom is -0.272 e. The molecule has 1 aliphatic carbocycles. The smallest absolute Gasteiger partial charge is 0.272 e. The first-order valence-corrected chi connectivity index (χ1v) is 11.3. The fourth-order valence-corrected chi connectivity index (χ4v) is 4.97. The van der Waals surface area contributed by atoms with Crippen LogP contribution >= 0.6 is 34.8 Å². The van der Waals surface area contributed by atoms with Crippen molar-refractivity contribution in [2.24, 2.45) is 17.8 Å². The van der Waals surface area contributed by atoms with Crippen LogP contribution in [0.4, 0.5) is 0 Å². The highest BCUT2D eigenvalue weighted by molar-refractivity contribution is 6.42. The van der Waals surface area contributed by atoms with Crippen LogP contribution in [-0.4, -0.2) is 27.7 Å². The third-order valence-corrected chi connectivity index (χ3v) is 7.13. The summed E-state index contributed by atoms with van der Waals surface area (Å²) in [6, 6.07) is 11.5. The van der Waals surface area contributed by atoms with E-state index < -0.39 is 11.8 Å². The molecule has 1 aliphatic heterocycles. The Hall–Kier alpha value is -2.08. The number of fused-ring (bicyclic) bond motifs is 1. The van der Waals surface area contributed by atoms with Gasteiger partial charge in [0.15, 0.2) is 0 Å². The Labute approximate surface area is 195 Å². The van der Waals surface area contributed by atoms with Gasteiger partial charge in [0, 0.05) is 0 Å². The van der Waals surface area contributed by atoms with Crippen molar-refractivity contribution in [3.05, 3.63) is 68.7 Å². The van der Waals surface area contributed by atoms with Crippen LogP contribution in [0.25, 0.3) is 0 Å². The van der Waals surface area contributed by atoms with Gasteiger partial charge in [-0.3, -0.25) is 14.4 Å². The lowest BCUT2D eigenvalue weighted by atomic mass is 9.76. The van der Waals surface area contributed by atoms with Gasteiger partial charge in [-0.25, -0.2) is 5.01 Å². The van der Waals surface area contributed by atoms with Gasteiger partial charge in [-0.2, -0.15) is 5.01 Å². The number of hydrogen-bond donors (Lipinski definition) is 0. The van der Waals surface area contributed by atoms with Crippen molar-refractivity contribution in [1.29, 1.82) is 0 Å². The Morgan fingerprint density at radius 1 is 0.968 bits per heavy atom. The van der Waals surface area contributed by atoms with Gasteiger partial charge in [0.25, 0.3) is 17.7 Å². The van der Waals surface area contributed by atoms with E-state index in [2.05, 4.69) is 6.92 Å². The van der Waals surface area contributed by atoms with Gasteiger partial charge in [-0.15, -0.1) is 0 Å². The number of benzene rings is 2. The fraction of sp³-hybridized carbons (Fsp3) is 0.348. The highest BCUT2D eigenvalue weighted by Gasteiger charge is 2.52. The lowest BCUT2D eigenvalue weighted by Crippen LogP contribution is -2.49. The molecule has 2 aromatic rings. The summed E-state index contributed by atoms with van der Waals surface area (Å²) in [4.78, 5) is 40.1. The zero-order valence-corrected chi connectivity index (χ0v) is 19.1. The Kier molecular flexibility index (Phi) is 6.29. The molecule has 0 radical (unpaired) electrons. The quantitative estimate of drug-likeness (QED) is 0.534. The van der Waals surface area contributed by atoms with E-state index in [9.17, 15) is 14.4 Å². The number of carbonyl (C=O) groups excluding carboxylic acids is 3. The molecule has 3 amide bonds. The molecule has 2 aromatic carbocycles. The van der Waals surface area contributed by atoms with Crippen LogP contribution in [0, 0.1) is 17.8 Å². The maximum absolute atomic E-state index is 13.5. The maximum Gasteiger partial charge on any atom is 0.274 e. The molecule has 1 heterocycles. The van der Waals surface area contributed by atoms with E-state index in [4.69, 9.17) is 34.8 Å². The van der Waals surface area contributed by atoms with E-state index in [0.29, 0.717) is 34.4 Å². The Morgan fingerprint density at radius 2 is 1.68 bits per heavy atom. The van der Waals surface area contributed by atoms with Gasteiger partial charge in [0.2, 0.25) is 0 Å². The van der Waals surface area contributed by atoms with Crippen LogP contribution in [0.15, 0.2) is 42.5 Å². The zero-order chi connectivity index (χ0) is 22.3. The third-order valence-electron chi connectivity index (χ3n) is 6.06. The number of nitrogens with zero attached hydrogens (tertiary/aromatic N) is 2. The van der Waals surface area contributed by atoms with E-state index in [0.717, 1.165) is 11.4 Å². The van der Waals surface area contributed by atoms with Crippen molar-refractivity contribution in [2.45, 2.75) is 32.7 Å². The predicted molar refractivity (Wildman–Crippen MR) is 120 cm³/mol. The average Bonchev–Trinajstić information content (AvgIpc) is 2.98. The maximum atomic E-state index is 13.5. The number of hydrogen-bond acceptors (Lipinski definition) is 3. The van der Waals surface area contributed by atoms with Crippen LogP contribution in [0.2, 0.25) is 15.1 Å². The van der Waals surface area contributed by atoms with Gasteiger partial charge in [-0.05, 0) is 55.0 Å². The van der Waals surface area contributed by atoms with Crippen LogP contribution < -0.4 is 0 Å². The lowest BCUT2D eigenvalue weighted by molar-refractivity contribution is -0.155. The minimum atomic E-state index is -0.523. The summed E-state index contributed by atoms with van der Waals surface area (Å²) in [6.07, 6.45) is 2.18. The fourth-order valence-electron chi connectivity index (χ4n) is 4.43. The van der Waals surface area contributed by atoms with E-state index >= 15 is 0 Å². The summed E-state index contributed by atoms with van der Waals surface area (Å²) >= 11 is 18.4. The largest absolute Gasteiger partial charge is 0.274 e. The van der Waals surface area contributed by atoms with E-state index in [1.165, 1.54) is 5.01 Å². The summed E-state index contributed by atoms with van der Waals surface area (Å²) in [5, 5.41) is 3.17. The molecule has 0 N–H and O–H groups in total. The van der Waals surface area contributed by atoms with Crippen molar-refractivity contribution in [1.82, 2.24) is 10.0 Å². The van der Waals surface area contributed by atoms with Gasteiger partial charge >= 0.3 is 0 Å². The summed E-state index contributed by atoms with van der Waals surface area (Å²) in [6.45, 7) is 2.06. The van der Waals surface area contributed by atoms with Crippen LogP contribution in [0.5, 0.6) is 0 Å². The molecule has 1 saturated heterocycles. The molecule has 0 spiro atoms. The molecule has 5 nitrogen and oxygen atoms in total. The summed E-state index contributed by atoms with van der Waals surface area (Å²) in [5.41, 5.74) is 0.853.